The quantitative estimate of drug-likeness (QED) is 0.780. The summed E-state index contributed by atoms with van der Waals surface area (Å²) >= 11 is 5.10. The molecule has 0 bridgehead atoms. The lowest BCUT2D eigenvalue weighted by molar-refractivity contribution is -0.137. The number of hydrogen-bond donors (Lipinski definition) is 1. The highest BCUT2D eigenvalue weighted by atomic mass is 79.9. The molecule has 1 heterocycles. The minimum absolute atomic E-state index is 0.201. The Hall–Kier alpha value is -0.850. The number of hydrogen-bond acceptors (Lipinski definition) is 2. The first kappa shape index (κ1) is 16.5. The van der Waals surface area contributed by atoms with Crippen molar-refractivity contribution < 1.29 is 13.2 Å². The highest BCUT2D eigenvalue weighted by molar-refractivity contribution is 9.11. The molecule has 0 saturated carbocycles. The number of thiophene rings is 1. The van der Waals surface area contributed by atoms with E-state index < -0.39 is 11.7 Å². The Balaban J connectivity index is 2.01. The van der Waals surface area contributed by atoms with Crippen molar-refractivity contribution in [1.82, 2.24) is 5.32 Å². The second-order valence-corrected chi connectivity index (χ2v) is 7.34. The van der Waals surface area contributed by atoms with Crippen molar-refractivity contribution in [2.45, 2.75) is 25.1 Å². The van der Waals surface area contributed by atoms with Crippen molar-refractivity contribution in [3.05, 3.63) is 56.2 Å². The minimum atomic E-state index is -4.27. The molecular formula is C15H15BrF3NS. The molecule has 0 spiro atoms. The highest BCUT2D eigenvalue weighted by Crippen LogP contribution is 2.29. The van der Waals surface area contributed by atoms with E-state index in [1.165, 1.54) is 4.88 Å². The molecule has 6 heteroatoms. The van der Waals surface area contributed by atoms with E-state index >= 15 is 0 Å². The van der Waals surface area contributed by atoms with Gasteiger partial charge >= 0.3 is 6.18 Å². The summed E-state index contributed by atoms with van der Waals surface area (Å²) in [7, 11) is 1.87. The number of rotatable bonds is 5. The lowest BCUT2D eigenvalue weighted by Gasteiger charge is -2.16. The molecule has 1 unspecified atom stereocenters. The standard InChI is InChI=1S/C15H15BrF3NS/c1-20-12(9-13-6-7-14(16)21-13)8-10-2-4-11(5-3-10)15(17,18)19/h2-7,12,20H,8-9H2,1H3. The fourth-order valence-corrected chi connectivity index (χ4v) is 3.66. The summed E-state index contributed by atoms with van der Waals surface area (Å²) in [6.07, 6.45) is -2.72. The number of likely N-dealkylation sites (N-methyl/N-ethyl adjacent to an activating group) is 1. The van der Waals surface area contributed by atoms with Crippen molar-refractivity contribution in [3.63, 3.8) is 0 Å². The van der Waals surface area contributed by atoms with E-state index in [-0.39, 0.29) is 6.04 Å². The van der Waals surface area contributed by atoms with Gasteiger partial charge in [0.1, 0.15) is 0 Å². The Morgan fingerprint density at radius 1 is 1.10 bits per heavy atom. The van der Waals surface area contributed by atoms with Crippen molar-refractivity contribution >= 4 is 27.3 Å². The molecule has 1 N–H and O–H groups in total. The summed E-state index contributed by atoms with van der Waals surface area (Å²) in [5, 5.41) is 3.22. The predicted molar refractivity (Wildman–Crippen MR) is 83.7 cm³/mol. The Kier molecular flexibility index (Phi) is 5.46. The maximum atomic E-state index is 12.5. The third kappa shape index (κ3) is 4.83. The van der Waals surface area contributed by atoms with Crippen LogP contribution < -0.4 is 5.32 Å². The van der Waals surface area contributed by atoms with Crippen LogP contribution in [0.2, 0.25) is 0 Å². The van der Waals surface area contributed by atoms with E-state index in [1.54, 1.807) is 23.5 Å². The maximum absolute atomic E-state index is 12.5. The van der Waals surface area contributed by atoms with Gasteiger partial charge in [-0.25, -0.2) is 0 Å². The van der Waals surface area contributed by atoms with Crippen LogP contribution in [0.15, 0.2) is 40.2 Å². The van der Waals surface area contributed by atoms with Crippen LogP contribution in [0.3, 0.4) is 0 Å². The second-order valence-electron chi connectivity index (χ2n) is 4.79. The van der Waals surface area contributed by atoms with Gasteiger partial charge in [0.15, 0.2) is 0 Å². The van der Waals surface area contributed by atoms with E-state index in [0.29, 0.717) is 6.42 Å². The second kappa shape index (κ2) is 6.94. The van der Waals surface area contributed by atoms with Crippen molar-refractivity contribution in [3.8, 4) is 0 Å². The Morgan fingerprint density at radius 2 is 1.76 bits per heavy atom. The smallest absolute Gasteiger partial charge is 0.316 e. The molecule has 114 valence electrons. The fourth-order valence-electron chi connectivity index (χ4n) is 2.09. The fraction of sp³-hybridized carbons (Fsp3) is 0.333. The van der Waals surface area contributed by atoms with Crippen LogP contribution in [0.5, 0.6) is 0 Å². The van der Waals surface area contributed by atoms with E-state index in [0.717, 1.165) is 27.9 Å². The van der Waals surface area contributed by atoms with Gasteiger partial charge in [0.05, 0.1) is 9.35 Å². The molecule has 21 heavy (non-hydrogen) atoms. The van der Waals surface area contributed by atoms with Crippen LogP contribution >= 0.6 is 27.3 Å². The average molecular weight is 378 g/mol. The van der Waals surface area contributed by atoms with Crippen molar-refractivity contribution in [2.24, 2.45) is 0 Å². The number of nitrogens with one attached hydrogen (secondary N) is 1. The van der Waals surface area contributed by atoms with Gasteiger partial charge in [-0.05, 0) is 65.6 Å². The summed E-state index contributed by atoms with van der Waals surface area (Å²) < 4.78 is 38.7. The lowest BCUT2D eigenvalue weighted by Crippen LogP contribution is -2.29. The summed E-state index contributed by atoms with van der Waals surface area (Å²) in [6.45, 7) is 0. The first-order valence-corrected chi connectivity index (χ1v) is 8.07. The molecule has 1 aromatic carbocycles. The molecule has 0 aliphatic rings. The first-order valence-electron chi connectivity index (χ1n) is 6.46. The molecule has 0 radical (unpaired) electrons. The third-order valence-electron chi connectivity index (χ3n) is 3.25. The monoisotopic (exact) mass is 377 g/mol. The SMILES string of the molecule is CNC(Cc1ccc(C(F)(F)F)cc1)Cc1ccc(Br)s1. The summed E-state index contributed by atoms with van der Waals surface area (Å²) in [6, 6.07) is 9.66. The van der Waals surface area contributed by atoms with E-state index in [2.05, 4.69) is 27.3 Å². The zero-order valence-electron chi connectivity index (χ0n) is 11.4. The van der Waals surface area contributed by atoms with Crippen LogP contribution in [0.25, 0.3) is 0 Å². The van der Waals surface area contributed by atoms with Crippen molar-refractivity contribution in [2.75, 3.05) is 7.05 Å². The van der Waals surface area contributed by atoms with Gasteiger partial charge in [0, 0.05) is 10.9 Å². The summed E-state index contributed by atoms with van der Waals surface area (Å²) in [5.41, 5.74) is 0.299. The Bertz CT molecular complexity index is 577. The van der Waals surface area contributed by atoms with Gasteiger partial charge in [0.25, 0.3) is 0 Å². The first-order chi connectivity index (χ1) is 9.88. The molecule has 1 atom stereocenters. The van der Waals surface area contributed by atoms with Crippen LogP contribution in [0.4, 0.5) is 13.2 Å². The highest BCUT2D eigenvalue weighted by Gasteiger charge is 2.29. The molecular weight excluding hydrogens is 363 g/mol. The van der Waals surface area contributed by atoms with Crippen molar-refractivity contribution in [1.29, 1.82) is 0 Å². The van der Waals surface area contributed by atoms with E-state index in [4.69, 9.17) is 0 Å². The number of halogens is 4. The van der Waals surface area contributed by atoms with Gasteiger partial charge in [-0.15, -0.1) is 11.3 Å². The average Bonchev–Trinajstić information content (AvgIpc) is 2.83. The Morgan fingerprint density at radius 3 is 2.24 bits per heavy atom. The van der Waals surface area contributed by atoms with Gasteiger partial charge in [0.2, 0.25) is 0 Å². The zero-order valence-corrected chi connectivity index (χ0v) is 13.8. The number of benzene rings is 1. The van der Waals surface area contributed by atoms with E-state index in [9.17, 15) is 13.2 Å². The largest absolute Gasteiger partial charge is 0.416 e. The van der Waals surface area contributed by atoms with Crippen LogP contribution in [-0.2, 0) is 19.0 Å². The molecule has 1 nitrogen and oxygen atoms in total. The molecule has 0 amide bonds. The van der Waals surface area contributed by atoms with Crippen LogP contribution in [0.1, 0.15) is 16.0 Å². The van der Waals surface area contributed by atoms with Crippen LogP contribution in [0, 0.1) is 0 Å². The Labute approximate surface area is 134 Å². The third-order valence-corrected chi connectivity index (χ3v) is 4.89. The molecule has 1 aromatic heterocycles. The maximum Gasteiger partial charge on any atom is 0.416 e. The van der Waals surface area contributed by atoms with Gasteiger partial charge in [-0.2, -0.15) is 13.2 Å². The van der Waals surface area contributed by atoms with Gasteiger partial charge in [-0.1, -0.05) is 12.1 Å². The summed E-state index contributed by atoms with van der Waals surface area (Å²) in [5.74, 6) is 0. The van der Waals surface area contributed by atoms with Gasteiger partial charge in [-0.3, -0.25) is 0 Å². The summed E-state index contributed by atoms with van der Waals surface area (Å²) in [4.78, 5) is 1.24. The van der Waals surface area contributed by atoms with Crippen LogP contribution in [-0.4, -0.2) is 13.1 Å². The topological polar surface area (TPSA) is 12.0 Å². The number of alkyl halides is 3. The molecule has 0 aliphatic heterocycles. The predicted octanol–water partition coefficient (Wildman–Crippen LogP) is 4.90. The molecule has 2 aromatic rings. The van der Waals surface area contributed by atoms with E-state index in [1.807, 2.05) is 13.1 Å². The molecule has 0 saturated heterocycles. The minimum Gasteiger partial charge on any atom is -0.316 e. The zero-order chi connectivity index (χ0) is 15.5. The molecule has 2 rings (SSSR count). The molecule has 0 fully saturated rings. The van der Waals surface area contributed by atoms with Gasteiger partial charge < -0.3 is 5.32 Å². The lowest BCUT2D eigenvalue weighted by atomic mass is 10.0. The normalized spacial score (nSPS) is 13.4. The molecule has 0 aliphatic carbocycles.